The first kappa shape index (κ1) is 8.76. The molecule has 1 nitrogen and oxygen atoms in total. The second-order valence-electron chi connectivity index (χ2n) is 3.87. The predicted molar refractivity (Wildman–Crippen MR) is 55.5 cm³/mol. The maximum absolute atomic E-state index is 2.55. The van der Waals surface area contributed by atoms with Gasteiger partial charge in [-0.25, -0.2) is 0 Å². The van der Waals surface area contributed by atoms with E-state index in [2.05, 4.69) is 49.1 Å². The fraction of sp³-hybridized carbons (Fsp3) is 0.500. The van der Waals surface area contributed by atoms with Gasteiger partial charge in [-0.2, -0.15) is 0 Å². The molecule has 0 saturated carbocycles. The fourth-order valence-corrected chi connectivity index (χ4v) is 2.11. The quantitative estimate of drug-likeness (QED) is 0.638. The lowest BCUT2D eigenvalue weighted by atomic mass is 10.2. The van der Waals surface area contributed by atoms with Gasteiger partial charge in [0.05, 0.1) is 0 Å². The Balaban J connectivity index is 1.94. The molecule has 0 radical (unpaired) electrons. The molecule has 0 spiro atoms. The van der Waals surface area contributed by atoms with Crippen molar-refractivity contribution in [2.24, 2.45) is 0 Å². The van der Waals surface area contributed by atoms with Crippen LogP contribution in [0, 0.1) is 0 Å². The third-order valence-corrected chi connectivity index (χ3v) is 3.04. The molecule has 3 atom stereocenters. The van der Waals surface area contributed by atoms with Crippen molar-refractivity contribution < 1.29 is 0 Å². The third kappa shape index (κ3) is 1.75. The SMILES string of the molecule is CCC1C(C)N1Cc1ccccc1. The van der Waals surface area contributed by atoms with Crippen LogP contribution in [0.3, 0.4) is 0 Å². The van der Waals surface area contributed by atoms with Crippen LogP contribution < -0.4 is 0 Å². The molecule has 1 aromatic rings. The van der Waals surface area contributed by atoms with Gasteiger partial charge >= 0.3 is 0 Å². The molecule has 0 amide bonds. The van der Waals surface area contributed by atoms with E-state index in [1.54, 1.807) is 0 Å². The number of hydrogen-bond acceptors (Lipinski definition) is 1. The Hall–Kier alpha value is -0.820. The van der Waals surface area contributed by atoms with Gasteiger partial charge in [0, 0.05) is 18.6 Å². The summed E-state index contributed by atoms with van der Waals surface area (Å²) in [4.78, 5) is 2.55. The largest absolute Gasteiger partial charge is 0.290 e. The summed E-state index contributed by atoms with van der Waals surface area (Å²) in [6.45, 7) is 5.71. The lowest BCUT2D eigenvalue weighted by molar-refractivity contribution is 0.474. The standard InChI is InChI=1S/C12H17N/c1-3-12-10(2)13(12)9-11-7-5-4-6-8-11/h4-8,10,12H,3,9H2,1-2H3. The highest BCUT2D eigenvalue weighted by atomic mass is 15.3. The molecular formula is C12H17N. The number of hydrogen-bond donors (Lipinski definition) is 0. The first-order valence-corrected chi connectivity index (χ1v) is 5.12. The van der Waals surface area contributed by atoms with Gasteiger partial charge in [-0.05, 0) is 18.9 Å². The summed E-state index contributed by atoms with van der Waals surface area (Å²) in [6, 6.07) is 12.3. The van der Waals surface area contributed by atoms with Crippen molar-refractivity contribution in [3.05, 3.63) is 35.9 Å². The fourth-order valence-electron chi connectivity index (χ4n) is 2.11. The van der Waals surface area contributed by atoms with Gasteiger partial charge in [0.25, 0.3) is 0 Å². The van der Waals surface area contributed by atoms with Gasteiger partial charge in [0.15, 0.2) is 0 Å². The highest BCUT2D eigenvalue weighted by molar-refractivity contribution is 5.16. The molecule has 1 aromatic carbocycles. The second-order valence-corrected chi connectivity index (χ2v) is 3.87. The van der Waals surface area contributed by atoms with Crippen LogP contribution >= 0.6 is 0 Å². The first-order chi connectivity index (χ1) is 6.33. The van der Waals surface area contributed by atoms with Crippen LogP contribution in [0.25, 0.3) is 0 Å². The Labute approximate surface area is 80.4 Å². The van der Waals surface area contributed by atoms with Crippen molar-refractivity contribution in [1.82, 2.24) is 4.90 Å². The first-order valence-electron chi connectivity index (χ1n) is 5.12. The third-order valence-electron chi connectivity index (χ3n) is 3.04. The smallest absolute Gasteiger partial charge is 0.0253 e. The molecule has 1 fully saturated rings. The van der Waals surface area contributed by atoms with Gasteiger partial charge in [-0.15, -0.1) is 0 Å². The number of rotatable bonds is 3. The summed E-state index contributed by atoms with van der Waals surface area (Å²) in [6.07, 6.45) is 1.29. The van der Waals surface area contributed by atoms with Gasteiger partial charge < -0.3 is 0 Å². The van der Waals surface area contributed by atoms with Crippen molar-refractivity contribution in [3.63, 3.8) is 0 Å². The van der Waals surface area contributed by atoms with E-state index >= 15 is 0 Å². The molecule has 1 saturated heterocycles. The molecule has 0 N–H and O–H groups in total. The Morgan fingerprint density at radius 3 is 2.46 bits per heavy atom. The maximum atomic E-state index is 2.55. The number of benzene rings is 1. The van der Waals surface area contributed by atoms with Crippen LogP contribution in [0.5, 0.6) is 0 Å². The van der Waals surface area contributed by atoms with Crippen molar-refractivity contribution >= 4 is 0 Å². The van der Waals surface area contributed by atoms with Gasteiger partial charge in [0.1, 0.15) is 0 Å². The summed E-state index contributed by atoms with van der Waals surface area (Å²) in [5.74, 6) is 0. The average molecular weight is 175 g/mol. The Morgan fingerprint density at radius 2 is 1.92 bits per heavy atom. The van der Waals surface area contributed by atoms with E-state index < -0.39 is 0 Å². The van der Waals surface area contributed by atoms with Crippen LogP contribution in [0.4, 0.5) is 0 Å². The van der Waals surface area contributed by atoms with Crippen molar-refractivity contribution in [3.8, 4) is 0 Å². The molecule has 1 heteroatoms. The molecule has 1 heterocycles. The molecule has 1 aliphatic rings. The van der Waals surface area contributed by atoms with Crippen LogP contribution in [-0.4, -0.2) is 17.0 Å². The minimum absolute atomic E-state index is 0.796. The lowest BCUT2D eigenvalue weighted by Gasteiger charge is -2.02. The summed E-state index contributed by atoms with van der Waals surface area (Å²) in [5.41, 5.74) is 1.44. The maximum Gasteiger partial charge on any atom is 0.0253 e. The molecule has 0 aliphatic carbocycles. The van der Waals surface area contributed by atoms with Gasteiger partial charge in [-0.1, -0.05) is 37.3 Å². The normalized spacial score (nSPS) is 31.7. The highest BCUT2D eigenvalue weighted by Crippen LogP contribution is 2.32. The van der Waals surface area contributed by atoms with E-state index in [-0.39, 0.29) is 0 Å². The molecule has 0 aromatic heterocycles. The summed E-state index contributed by atoms with van der Waals surface area (Å²) in [7, 11) is 0. The van der Waals surface area contributed by atoms with E-state index in [0.717, 1.165) is 18.6 Å². The Morgan fingerprint density at radius 1 is 1.23 bits per heavy atom. The van der Waals surface area contributed by atoms with Gasteiger partial charge in [-0.3, -0.25) is 4.90 Å². The predicted octanol–water partition coefficient (Wildman–Crippen LogP) is 2.67. The number of nitrogens with zero attached hydrogens (tertiary/aromatic N) is 1. The van der Waals surface area contributed by atoms with E-state index in [4.69, 9.17) is 0 Å². The van der Waals surface area contributed by atoms with Crippen molar-refractivity contribution in [1.29, 1.82) is 0 Å². The zero-order valence-electron chi connectivity index (χ0n) is 8.40. The van der Waals surface area contributed by atoms with E-state index in [1.807, 2.05) is 0 Å². The molecule has 70 valence electrons. The summed E-state index contributed by atoms with van der Waals surface area (Å²) < 4.78 is 0. The minimum atomic E-state index is 0.796. The lowest BCUT2D eigenvalue weighted by Crippen LogP contribution is -2.01. The molecule has 3 unspecified atom stereocenters. The second kappa shape index (κ2) is 3.51. The Bertz CT molecular complexity index is 268. The van der Waals surface area contributed by atoms with Crippen molar-refractivity contribution in [2.45, 2.75) is 38.9 Å². The topological polar surface area (TPSA) is 3.01 Å². The van der Waals surface area contributed by atoms with Crippen LogP contribution in [0.2, 0.25) is 0 Å². The van der Waals surface area contributed by atoms with Crippen LogP contribution in [0.1, 0.15) is 25.8 Å². The zero-order valence-corrected chi connectivity index (χ0v) is 8.40. The molecule has 2 rings (SSSR count). The molecule has 13 heavy (non-hydrogen) atoms. The van der Waals surface area contributed by atoms with Crippen LogP contribution in [0.15, 0.2) is 30.3 Å². The van der Waals surface area contributed by atoms with Crippen LogP contribution in [-0.2, 0) is 6.54 Å². The van der Waals surface area contributed by atoms with Crippen molar-refractivity contribution in [2.75, 3.05) is 0 Å². The summed E-state index contributed by atoms with van der Waals surface area (Å²) in [5, 5.41) is 0. The van der Waals surface area contributed by atoms with E-state index in [0.29, 0.717) is 0 Å². The van der Waals surface area contributed by atoms with E-state index in [1.165, 1.54) is 12.0 Å². The molecule has 0 bridgehead atoms. The zero-order chi connectivity index (χ0) is 9.26. The molecular weight excluding hydrogens is 158 g/mol. The monoisotopic (exact) mass is 175 g/mol. The van der Waals surface area contributed by atoms with E-state index in [9.17, 15) is 0 Å². The highest BCUT2D eigenvalue weighted by Gasteiger charge is 2.41. The van der Waals surface area contributed by atoms with Gasteiger partial charge in [0.2, 0.25) is 0 Å². The summed E-state index contributed by atoms with van der Waals surface area (Å²) >= 11 is 0. The Kier molecular flexibility index (Phi) is 2.36. The molecule has 1 aliphatic heterocycles. The minimum Gasteiger partial charge on any atom is -0.290 e. The average Bonchev–Trinajstić information content (AvgIpc) is 2.78.